The molecule has 20 heavy (non-hydrogen) atoms. The molecule has 0 radical (unpaired) electrons. The maximum absolute atomic E-state index is 13.4. The van der Waals surface area contributed by atoms with Gasteiger partial charge in [-0.2, -0.15) is 0 Å². The van der Waals surface area contributed by atoms with Crippen molar-refractivity contribution in [1.82, 2.24) is 0 Å². The fourth-order valence-electron chi connectivity index (χ4n) is 2.37. The van der Waals surface area contributed by atoms with Crippen LogP contribution in [0, 0.1) is 12.7 Å². The number of methoxy groups -OCH3 is 1. The first-order chi connectivity index (χ1) is 9.55. The zero-order valence-electron chi connectivity index (χ0n) is 11.8. The SMILES string of the molecule is COCC(O)(Cc1cc(F)ccc1C)c1ccccc1. The van der Waals surface area contributed by atoms with Crippen LogP contribution in [0.15, 0.2) is 48.5 Å². The van der Waals surface area contributed by atoms with Crippen LogP contribution in [0.3, 0.4) is 0 Å². The molecule has 0 fully saturated rings. The Kier molecular flexibility index (Phi) is 4.53. The molecule has 2 aromatic carbocycles. The molecular formula is C17H19FO2. The number of rotatable bonds is 5. The lowest BCUT2D eigenvalue weighted by Crippen LogP contribution is -2.34. The molecule has 106 valence electrons. The maximum Gasteiger partial charge on any atom is 0.123 e. The van der Waals surface area contributed by atoms with E-state index < -0.39 is 5.60 Å². The summed E-state index contributed by atoms with van der Waals surface area (Å²) in [5.74, 6) is -0.293. The van der Waals surface area contributed by atoms with Gasteiger partial charge >= 0.3 is 0 Å². The number of aryl methyl sites for hydroxylation is 1. The average molecular weight is 274 g/mol. The third kappa shape index (κ3) is 3.24. The first kappa shape index (κ1) is 14.7. The Morgan fingerprint density at radius 1 is 1.15 bits per heavy atom. The van der Waals surface area contributed by atoms with Gasteiger partial charge in [-0.05, 0) is 35.7 Å². The van der Waals surface area contributed by atoms with Gasteiger partial charge in [0.2, 0.25) is 0 Å². The summed E-state index contributed by atoms with van der Waals surface area (Å²) in [6.07, 6.45) is 0.314. The minimum atomic E-state index is -1.16. The summed E-state index contributed by atoms with van der Waals surface area (Å²) < 4.78 is 18.6. The largest absolute Gasteiger partial charge is 0.382 e. The van der Waals surface area contributed by atoms with E-state index in [1.54, 1.807) is 13.2 Å². The summed E-state index contributed by atoms with van der Waals surface area (Å²) in [5.41, 5.74) is 1.35. The molecule has 2 nitrogen and oxygen atoms in total. The van der Waals surface area contributed by atoms with E-state index in [1.807, 2.05) is 37.3 Å². The smallest absolute Gasteiger partial charge is 0.123 e. The van der Waals surface area contributed by atoms with Crippen LogP contribution in [0.25, 0.3) is 0 Å². The number of halogens is 1. The molecule has 1 atom stereocenters. The lowest BCUT2D eigenvalue weighted by molar-refractivity contribution is -0.0356. The summed E-state index contributed by atoms with van der Waals surface area (Å²) in [5, 5.41) is 10.9. The van der Waals surface area contributed by atoms with Crippen molar-refractivity contribution in [1.29, 1.82) is 0 Å². The predicted molar refractivity (Wildman–Crippen MR) is 77.1 cm³/mol. The minimum absolute atomic E-state index is 0.160. The van der Waals surface area contributed by atoms with Crippen LogP contribution in [0.4, 0.5) is 4.39 Å². The van der Waals surface area contributed by atoms with Crippen molar-refractivity contribution in [3.05, 3.63) is 71.0 Å². The van der Waals surface area contributed by atoms with Gasteiger partial charge in [0.1, 0.15) is 11.4 Å². The van der Waals surface area contributed by atoms with Crippen molar-refractivity contribution in [2.24, 2.45) is 0 Å². The standard InChI is InChI=1S/C17H19FO2/c1-13-8-9-16(18)10-14(13)11-17(19,12-20-2)15-6-4-3-5-7-15/h3-10,19H,11-12H2,1-2H3. The molecule has 2 aromatic rings. The highest BCUT2D eigenvalue weighted by atomic mass is 19.1. The molecule has 0 spiro atoms. The summed E-state index contributed by atoms with van der Waals surface area (Å²) in [4.78, 5) is 0. The van der Waals surface area contributed by atoms with Crippen molar-refractivity contribution in [3.8, 4) is 0 Å². The Labute approximate surface area is 118 Å². The van der Waals surface area contributed by atoms with Crippen molar-refractivity contribution in [2.45, 2.75) is 18.9 Å². The topological polar surface area (TPSA) is 29.5 Å². The van der Waals surface area contributed by atoms with Gasteiger partial charge in [-0.3, -0.25) is 0 Å². The molecule has 0 aliphatic heterocycles. The summed E-state index contributed by atoms with van der Waals surface area (Å²) >= 11 is 0. The van der Waals surface area contributed by atoms with Crippen LogP contribution in [0.1, 0.15) is 16.7 Å². The van der Waals surface area contributed by atoms with E-state index in [-0.39, 0.29) is 12.4 Å². The van der Waals surface area contributed by atoms with Crippen LogP contribution in [-0.2, 0) is 16.8 Å². The highest BCUT2D eigenvalue weighted by Crippen LogP contribution is 2.27. The van der Waals surface area contributed by atoms with Gasteiger partial charge in [0.25, 0.3) is 0 Å². The van der Waals surface area contributed by atoms with E-state index in [4.69, 9.17) is 4.74 Å². The van der Waals surface area contributed by atoms with E-state index in [9.17, 15) is 9.50 Å². The van der Waals surface area contributed by atoms with Gasteiger partial charge in [0.05, 0.1) is 6.61 Å². The molecule has 0 saturated carbocycles. The maximum atomic E-state index is 13.4. The normalized spacial score (nSPS) is 14.0. The van der Waals surface area contributed by atoms with Crippen molar-refractivity contribution in [2.75, 3.05) is 13.7 Å². The summed E-state index contributed by atoms with van der Waals surface area (Å²) in [6.45, 7) is 2.07. The van der Waals surface area contributed by atoms with Crippen molar-refractivity contribution >= 4 is 0 Å². The molecule has 0 saturated heterocycles. The lowest BCUT2D eigenvalue weighted by Gasteiger charge is -2.28. The van der Waals surface area contributed by atoms with Gasteiger partial charge in [0, 0.05) is 13.5 Å². The van der Waals surface area contributed by atoms with E-state index in [1.165, 1.54) is 12.1 Å². The van der Waals surface area contributed by atoms with E-state index in [0.717, 1.165) is 16.7 Å². The first-order valence-corrected chi connectivity index (χ1v) is 6.57. The van der Waals surface area contributed by atoms with Gasteiger partial charge in [0.15, 0.2) is 0 Å². The zero-order valence-corrected chi connectivity index (χ0v) is 11.8. The van der Waals surface area contributed by atoms with Crippen LogP contribution >= 0.6 is 0 Å². The van der Waals surface area contributed by atoms with E-state index in [0.29, 0.717) is 6.42 Å². The van der Waals surface area contributed by atoms with Crippen molar-refractivity contribution in [3.63, 3.8) is 0 Å². The predicted octanol–water partition coefficient (Wildman–Crippen LogP) is 3.21. The molecule has 0 aliphatic rings. The number of aliphatic hydroxyl groups is 1. The Bertz CT molecular complexity index is 568. The summed E-state index contributed by atoms with van der Waals surface area (Å²) in [7, 11) is 1.55. The van der Waals surface area contributed by atoms with Gasteiger partial charge in [-0.1, -0.05) is 36.4 Å². The number of hydrogen-bond donors (Lipinski definition) is 1. The number of hydrogen-bond acceptors (Lipinski definition) is 2. The van der Waals surface area contributed by atoms with Gasteiger partial charge < -0.3 is 9.84 Å². The highest BCUT2D eigenvalue weighted by molar-refractivity contribution is 5.32. The Balaban J connectivity index is 2.36. The molecule has 0 aliphatic carbocycles. The molecule has 3 heteroatoms. The molecule has 2 rings (SSSR count). The van der Waals surface area contributed by atoms with Crippen LogP contribution in [0.5, 0.6) is 0 Å². The molecule has 0 amide bonds. The van der Waals surface area contributed by atoms with Crippen LogP contribution in [0.2, 0.25) is 0 Å². The van der Waals surface area contributed by atoms with Crippen LogP contribution < -0.4 is 0 Å². The summed E-state index contributed by atoms with van der Waals surface area (Å²) in [6, 6.07) is 14.0. The quantitative estimate of drug-likeness (QED) is 0.907. The third-order valence-electron chi connectivity index (χ3n) is 3.49. The molecule has 0 heterocycles. The first-order valence-electron chi connectivity index (χ1n) is 6.57. The molecule has 0 aromatic heterocycles. The number of benzene rings is 2. The number of ether oxygens (including phenoxy) is 1. The fraction of sp³-hybridized carbons (Fsp3) is 0.294. The Morgan fingerprint density at radius 2 is 1.85 bits per heavy atom. The van der Waals surface area contributed by atoms with Gasteiger partial charge in [-0.15, -0.1) is 0 Å². The molecule has 1 N–H and O–H groups in total. The second-order valence-corrected chi connectivity index (χ2v) is 5.08. The third-order valence-corrected chi connectivity index (χ3v) is 3.49. The molecule has 1 unspecified atom stereocenters. The second kappa shape index (κ2) is 6.16. The highest BCUT2D eigenvalue weighted by Gasteiger charge is 2.30. The average Bonchev–Trinajstić information content (AvgIpc) is 2.44. The van der Waals surface area contributed by atoms with Crippen LogP contribution in [-0.4, -0.2) is 18.8 Å². The molecule has 0 bridgehead atoms. The van der Waals surface area contributed by atoms with E-state index in [2.05, 4.69) is 0 Å². The second-order valence-electron chi connectivity index (χ2n) is 5.08. The Morgan fingerprint density at radius 3 is 2.50 bits per heavy atom. The molecular weight excluding hydrogens is 255 g/mol. The lowest BCUT2D eigenvalue weighted by atomic mass is 9.86. The van der Waals surface area contributed by atoms with Crippen molar-refractivity contribution < 1.29 is 14.2 Å². The Hall–Kier alpha value is -1.71. The van der Waals surface area contributed by atoms with E-state index >= 15 is 0 Å². The zero-order chi connectivity index (χ0) is 14.6. The minimum Gasteiger partial charge on any atom is -0.382 e. The fourth-order valence-corrected chi connectivity index (χ4v) is 2.37. The monoisotopic (exact) mass is 274 g/mol. The van der Waals surface area contributed by atoms with Gasteiger partial charge in [-0.25, -0.2) is 4.39 Å².